The zero-order valence-electron chi connectivity index (χ0n) is 14.1. The van der Waals surface area contributed by atoms with Crippen molar-refractivity contribution in [2.24, 2.45) is 0 Å². The summed E-state index contributed by atoms with van der Waals surface area (Å²) in [6, 6.07) is 11.4. The monoisotopic (exact) mass is 399 g/mol. The van der Waals surface area contributed by atoms with Crippen LogP contribution in [-0.4, -0.2) is 24.3 Å². The average molecular weight is 400 g/mol. The first kappa shape index (κ1) is 20.6. The Morgan fingerprint density at radius 1 is 1.15 bits per heavy atom. The van der Waals surface area contributed by atoms with Gasteiger partial charge in [-0.15, -0.1) is 0 Å². The van der Waals surface area contributed by atoms with E-state index < -0.39 is 5.91 Å². The molecule has 2 N–H and O–H groups in total. The lowest BCUT2D eigenvalue weighted by atomic mass is 9.92. The minimum absolute atomic E-state index is 0.0825. The quantitative estimate of drug-likeness (QED) is 0.363. The Balaban J connectivity index is 1.88. The van der Waals surface area contributed by atoms with Crippen molar-refractivity contribution < 1.29 is 19.1 Å². The molecule has 1 atom stereocenters. The van der Waals surface area contributed by atoms with Gasteiger partial charge in [-0.3, -0.25) is 10.0 Å². The van der Waals surface area contributed by atoms with Crippen molar-refractivity contribution in [1.29, 1.82) is 0 Å². The molecule has 140 valence electrons. The fourth-order valence-electron chi connectivity index (χ4n) is 2.64. The summed E-state index contributed by atoms with van der Waals surface area (Å²) < 4.78 is 18.5. The number of hydrogen-bond donors (Lipinski definition) is 2. The number of ether oxygens (including phenoxy) is 1. The molecule has 7 heteroatoms. The van der Waals surface area contributed by atoms with E-state index in [4.69, 9.17) is 33.1 Å². The van der Waals surface area contributed by atoms with E-state index in [1.807, 2.05) is 0 Å². The zero-order chi connectivity index (χ0) is 18.9. The van der Waals surface area contributed by atoms with E-state index in [9.17, 15) is 9.18 Å². The summed E-state index contributed by atoms with van der Waals surface area (Å²) in [5.41, 5.74) is 3.41. The summed E-state index contributed by atoms with van der Waals surface area (Å²) in [5, 5.41) is 9.77. The van der Waals surface area contributed by atoms with Crippen LogP contribution in [0.2, 0.25) is 10.0 Å². The van der Waals surface area contributed by atoms with E-state index in [1.54, 1.807) is 35.8 Å². The fourth-order valence-corrected chi connectivity index (χ4v) is 3.20. The largest absolute Gasteiger partial charge is 0.381 e. The van der Waals surface area contributed by atoms with Crippen LogP contribution in [0.1, 0.15) is 29.9 Å². The third-order valence-electron chi connectivity index (χ3n) is 4.02. The highest BCUT2D eigenvalue weighted by Crippen LogP contribution is 2.31. The van der Waals surface area contributed by atoms with Gasteiger partial charge in [-0.2, -0.15) is 0 Å². The van der Waals surface area contributed by atoms with Crippen LogP contribution in [0.25, 0.3) is 0 Å². The number of nitrogens with one attached hydrogen (secondary N) is 1. The lowest BCUT2D eigenvalue weighted by molar-refractivity contribution is -0.129. The van der Waals surface area contributed by atoms with E-state index in [-0.39, 0.29) is 18.2 Å². The van der Waals surface area contributed by atoms with Crippen LogP contribution in [0.15, 0.2) is 42.5 Å². The summed E-state index contributed by atoms with van der Waals surface area (Å²) in [6.07, 6.45) is 1.31. The molecule has 0 spiro atoms. The topological polar surface area (TPSA) is 58.6 Å². The van der Waals surface area contributed by atoms with Gasteiger partial charge in [-0.05, 0) is 54.2 Å². The lowest BCUT2D eigenvalue weighted by Crippen LogP contribution is -2.22. The second-order valence-corrected chi connectivity index (χ2v) is 6.72. The van der Waals surface area contributed by atoms with Gasteiger partial charge in [0.15, 0.2) is 0 Å². The molecule has 0 saturated carbocycles. The standard InChI is InChI=1S/C19H20Cl2FNO3/c20-15-3-6-17(18(21)12-15)14(11-19(24)23-25)8-10-26-9-7-13-1-4-16(22)5-2-13/h1-6,12,14,25H,7-11H2,(H,23,24). The van der Waals surface area contributed by atoms with Crippen LogP contribution in [0.4, 0.5) is 4.39 Å². The minimum atomic E-state index is -0.493. The molecule has 4 nitrogen and oxygen atoms in total. The number of hydrogen-bond acceptors (Lipinski definition) is 3. The van der Waals surface area contributed by atoms with Gasteiger partial charge in [-0.25, -0.2) is 9.87 Å². The molecule has 1 unspecified atom stereocenters. The van der Waals surface area contributed by atoms with Gasteiger partial charge >= 0.3 is 0 Å². The molecule has 0 bridgehead atoms. The predicted octanol–water partition coefficient (Wildman–Crippen LogP) is 4.76. The highest BCUT2D eigenvalue weighted by molar-refractivity contribution is 6.35. The number of rotatable bonds is 9. The normalized spacial score (nSPS) is 12.0. The Bertz CT molecular complexity index is 725. The van der Waals surface area contributed by atoms with Gasteiger partial charge in [0.05, 0.1) is 6.61 Å². The molecule has 0 aliphatic heterocycles. The predicted molar refractivity (Wildman–Crippen MR) is 99.3 cm³/mol. The lowest BCUT2D eigenvalue weighted by Gasteiger charge is -2.18. The number of carbonyl (C=O) groups excluding carboxylic acids is 1. The smallest absolute Gasteiger partial charge is 0.243 e. The Kier molecular flexibility index (Phi) is 8.32. The number of hydroxylamine groups is 1. The van der Waals surface area contributed by atoms with Gasteiger partial charge in [0.25, 0.3) is 0 Å². The van der Waals surface area contributed by atoms with Crippen molar-refractivity contribution in [2.75, 3.05) is 13.2 Å². The first-order valence-corrected chi connectivity index (χ1v) is 8.95. The van der Waals surface area contributed by atoms with Crippen LogP contribution in [0.3, 0.4) is 0 Å². The summed E-state index contributed by atoms with van der Waals surface area (Å²) in [5.74, 6) is -0.968. The van der Waals surface area contributed by atoms with E-state index in [0.29, 0.717) is 36.1 Å². The maximum absolute atomic E-state index is 12.9. The van der Waals surface area contributed by atoms with Gasteiger partial charge in [0, 0.05) is 23.1 Å². The first-order valence-electron chi connectivity index (χ1n) is 8.19. The SMILES string of the molecule is O=C(CC(CCOCCc1ccc(F)cc1)c1ccc(Cl)cc1Cl)NO. The number of benzene rings is 2. The van der Waals surface area contributed by atoms with Crippen molar-refractivity contribution in [1.82, 2.24) is 5.48 Å². The molecule has 0 aliphatic rings. The van der Waals surface area contributed by atoms with E-state index in [1.165, 1.54) is 12.1 Å². The molecule has 0 aromatic heterocycles. The molecular weight excluding hydrogens is 380 g/mol. The summed E-state index contributed by atoms with van der Waals surface area (Å²) in [7, 11) is 0. The van der Waals surface area contributed by atoms with E-state index in [0.717, 1.165) is 11.1 Å². The molecule has 0 fully saturated rings. The first-order chi connectivity index (χ1) is 12.5. The number of carbonyl (C=O) groups is 1. The Labute approximate surface area is 161 Å². The molecule has 2 rings (SSSR count). The highest BCUT2D eigenvalue weighted by Gasteiger charge is 2.18. The van der Waals surface area contributed by atoms with Crippen molar-refractivity contribution in [2.45, 2.75) is 25.2 Å². The Morgan fingerprint density at radius 2 is 1.88 bits per heavy atom. The fraction of sp³-hybridized carbons (Fsp3) is 0.316. The number of amides is 1. The molecule has 2 aromatic carbocycles. The van der Waals surface area contributed by atoms with Crippen LogP contribution in [-0.2, 0) is 16.0 Å². The molecule has 1 amide bonds. The molecule has 2 aromatic rings. The van der Waals surface area contributed by atoms with E-state index in [2.05, 4.69) is 0 Å². The third-order valence-corrected chi connectivity index (χ3v) is 4.58. The van der Waals surface area contributed by atoms with Gasteiger partial charge in [0.2, 0.25) is 5.91 Å². The summed E-state index contributed by atoms with van der Waals surface area (Å²) in [6.45, 7) is 0.905. The zero-order valence-corrected chi connectivity index (χ0v) is 15.6. The maximum Gasteiger partial charge on any atom is 0.243 e. The van der Waals surface area contributed by atoms with Crippen molar-refractivity contribution in [3.8, 4) is 0 Å². The Morgan fingerprint density at radius 3 is 2.54 bits per heavy atom. The van der Waals surface area contributed by atoms with Crippen LogP contribution in [0, 0.1) is 5.82 Å². The van der Waals surface area contributed by atoms with Gasteiger partial charge in [-0.1, -0.05) is 41.4 Å². The van der Waals surface area contributed by atoms with Crippen LogP contribution < -0.4 is 5.48 Å². The average Bonchev–Trinajstić information content (AvgIpc) is 2.62. The summed E-state index contributed by atoms with van der Waals surface area (Å²) >= 11 is 12.2. The molecule has 26 heavy (non-hydrogen) atoms. The number of halogens is 3. The minimum Gasteiger partial charge on any atom is -0.381 e. The second-order valence-electron chi connectivity index (χ2n) is 5.88. The maximum atomic E-state index is 12.9. The Hall–Kier alpha value is -1.66. The van der Waals surface area contributed by atoms with Gasteiger partial charge in [0.1, 0.15) is 5.82 Å². The van der Waals surface area contributed by atoms with Crippen molar-refractivity contribution in [3.63, 3.8) is 0 Å². The van der Waals surface area contributed by atoms with Crippen molar-refractivity contribution in [3.05, 3.63) is 69.5 Å². The third kappa shape index (κ3) is 6.57. The van der Waals surface area contributed by atoms with Gasteiger partial charge < -0.3 is 4.74 Å². The van der Waals surface area contributed by atoms with Crippen molar-refractivity contribution >= 4 is 29.1 Å². The highest BCUT2D eigenvalue weighted by atomic mass is 35.5. The molecule has 0 aliphatic carbocycles. The molecular formula is C19H20Cl2FNO3. The van der Waals surface area contributed by atoms with Crippen LogP contribution in [0.5, 0.6) is 0 Å². The summed E-state index contributed by atoms with van der Waals surface area (Å²) in [4.78, 5) is 11.6. The second kappa shape index (κ2) is 10.5. The molecule has 0 heterocycles. The van der Waals surface area contributed by atoms with Crippen LogP contribution >= 0.6 is 23.2 Å². The molecule has 0 saturated heterocycles. The molecule has 0 radical (unpaired) electrons. The van der Waals surface area contributed by atoms with E-state index >= 15 is 0 Å².